The summed E-state index contributed by atoms with van der Waals surface area (Å²) >= 11 is 0. The number of nitrogens with zero attached hydrogens (tertiary/aromatic N) is 2. The van der Waals surface area contributed by atoms with Gasteiger partial charge in [-0.1, -0.05) is 19.1 Å². The van der Waals surface area contributed by atoms with Crippen molar-refractivity contribution in [1.29, 1.82) is 0 Å². The Morgan fingerprint density at radius 1 is 1.32 bits per heavy atom. The van der Waals surface area contributed by atoms with Crippen LogP contribution in [0.15, 0.2) is 28.7 Å². The van der Waals surface area contributed by atoms with Crippen molar-refractivity contribution in [2.75, 3.05) is 18.8 Å². The van der Waals surface area contributed by atoms with Crippen LogP contribution in [0.1, 0.15) is 44.9 Å². The molecule has 1 atom stereocenters. The third-order valence-corrected chi connectivity index (χ3v) is 7.10. The lowest BCUT2D eigenvalue weighted by Gasteiger charge is -2.32. The Hall–Kier alpha value is -1.89. The second kappa shape index (κ2) is 7.15. The third-order valence-electron chi connectivity index (χ3n) is 4.84. The van der Waals surface area contributed by atoms with E-state index in [9.17, 15) is 13.2 Å². The molecule has 3 rings (SSSR count). The number of aromatic nitrogens is 1. The van der Waals surface area contributed by atoms with E-state index in [0.717, 1.165) is 23.9 Å². The van der Waals surface area contributed by atoms with Crippen LogP contribution >= 0.6 is 0 Å². The lowest BCUT2D eigenvalue weighted by molar-refractivity contribution is -0.131. The van der Waals surface area contributed by atoms with E-state index in [1.54, 1.807) is 11.8 Å². The van der Waals surface area contributed by atoms with Crippen molar-refractivity contribution in [3.05, 3.63) is 30.2 Å². The molecule has 7 heteroatoms. The zero-order chi connectivity index (χ0) is 18.0. The van der Waals surface area contributed by atoms with Crippen molar-refractivity contribution in [2.24, 2.45) is 0 Å². The van der Waals surface area contributed by atoms with Crippen LogP contribution in [0, 0.1) is 0 Å². The summed E-state index contributed by atoms with van der Waals surface area (Å²) in [7, 11) is -3.36. The highest BCUT2D eigenvalue weighted by Gasteiger charge is 2.34. The normalized spacial score (nSPS) is 17.8. The number of piperidine rings is 1. The molecule has 0 bridgehead atoms. The number of hydrogen-bond donors (Lipinski definition) is 0. The van der Waals surface area contributed by atoms with Gasteiger partial charge in [-0.25, -0.2) is 13.4 Å². The molecule has 25 heavy (non-hydrogen) atoms. The monoisotopic (exact) mass is 364 g/mol. The van der Waals surface area contributed by atoms with Crippen molar-refractivity contribution in [2.45, 2.75) is 44.3 Å². The van der Waals surface area contributed by atoms with Crippen molar-refractivity contribution < 1.29 is 17.6 Å². The van der Waals surface area contributed by atoms with Gasteiger partial charge in [-0.05, 0) is 38.3 Å². The minimum Gasteiger partial charge on any atom is -0.440 e. The topological polar surface area (TPSA) is 80.5 Å². The third kappa shape index (κ3) is 3.71. The molecule has 2 heterocycles. The SMILES string of the molecule is CCCS(=O)(=O)C(C)C(=O)N1CCC(c2nc3ccccc3o2)CC1. The summed E-state index contributed by atoms with van der Waals surface area (Å²) < 4.78 is 30.1. The van der Waals surface area contributed by atoms with Gasteiger partial charge < -0.3 is 9.32 Å². The lowest BCUT2D eigenvalue weighted by atomic mass is 9.96. The molecule has 136 valence electrons. The number of likely N-dealkylation sites (tertiary alicyclic amines) is 1. The summed E-state index contributed by atoms with van der Waals surface area (Å²) in [5.74, 6) is 0.641. The largest absolute Gasteiger partial charge is 0.440 e. The smallest absolute Gasteiger partial charge is 0.240 e. The molecule has 1 unspecified atom stereocenters. The van der Waals surface area contributed by atoms with E-state index in [-0.39, 0.29) is 17.6 Å². The Labute approximate surface area is 148 Å². The first kappa shape index (κ1) is 17.9. The molecule has 1 aromatic carbocycles. The second-order valence-corrected chi connectivity index (χ2v) is 9.07. The van der Waals surface area contributed by atoms with Gasteiger partial charge in [-0.3, -0.25) is 4.79 Å². The molecule has 1 aromatic heterocycles. The highest BCUT2D eigenvalue weighted by Crippen LogP contribution is 2.30. The van der Waals surface area contributed by atoms with E-state index in [4.69, 9.17) is 4.42 Å². The van der Waals surface area contributed by atoms with Crippen molar-refractivity contribution in [3.63, 3.8) is 0 Å². The summed E-state index contributed by atoms with van der Waals surface area (Å²) in [4.78, 5) is 18.7. The molecule has 1 saturated heterocycles. The zero-order valence-corrected chi connectivity index (χ0v) is 15.5. The summed E-state index contributed by atoms with van der Waals surface area (Å²) in [6, 6.07) is 7.65. The quantitative estimate of drug-likeness (QED) is 0.815. The Morgan fingerprint density at radius 2 is 2.00 bits per heavy atom. The molecule has 0 spiro atoms. The highest BCUT2D eigenvalue weighted by molar-refractivity contribution is 7.92. The van der Waals surface area contributed by atoms with Gasteiger partial charge in [0.2, 0.25) is 5.91 Å². The predicted molar refractivity (Wildman–Crippen MR) is 96.1 cm³/mol. The predicted octanol–water partition coefficient (Wildman–Crippen LogP) is 2.75. The Morgan fingerprint density at radius 3 is 2.64 bits per heavy atom. The first-order valence-corrected chi connectivity index (χ1v) is 10.5. The average molecular weight is 364 g/mol. The number of para-hydroxylation sites is 2. The van der Waals surface area contributed by atoms with Gasteiger partial charge in [-0.2, -0.15) is 0 Å². The molecule has 1 aliphatic rings. The Bertz CT molecular complexity index is 818. The summed E-state index contributed by atoms with van der Waals surface area (Å²) in [6.07, 6.45) is 2.00. The minimum atomic E-state index is -3.36. The molecule has 0 radical (unpaired) electrons. The first-order valence-electron chi connectivity index (χ1n) is 8.78. The van der Waals surface area contributed by atoms with Crippen LogP contribution in [0.2, 0.25) is 0 Å². The van der Waals surface area contributed by atoms with Crippen molar-refractivity contribution in [3.8, 4) is 0 Å². The molecule has 1 aliphatic heterocycles. The van der Waals surface area contributed by atoms with Crippen molar-refractivity contribution in [1.82, 2.24) is 9.88 Å². The van der Waals surface area contributed by atoms with Crippen LogP contribution < -0.4 is 0 Å². The van der Waals surface area contributed by atoms with E-state index in [0.29, 0.717) is 25.4 Å². The molecule has 0 saturated carbocycles. The summed E-state index contributed by atoms with van der Waals surface area (Å²) in [6.45, 7) is 4.38. The Kier molecular flexibility index (Phi) is 5.13. The van der Waals surface area contributed by atoms with Gasteiger partial charge >= 0.3 is 0 Å². The maximum Gasteiger partial charge on any atom is 0.240 e. The van der Waals surface area contributed by atoms with Crippen LogP contribution in [0.5, 0.6) is 0 Å². The zero-order valence-electron chi connectivity index (χ0n) is 14.6. The number of hydrogen-bond acceptors (Lipinski definition) is 5. The number of carbonyl (C=O) groups is 1. The molecule has 1 fully saturated rings. The van der Waals surface area contributed by atoms with Gasteiger partial charge in [0.05, 0.1) is 5.75 Å². The van der Waals surface area contributed by atoms with Crippen LogP contribution in [-0.2, 0) is 14.6 Å². The average Bonchev–Trinajstić information content (AvgIpc) is 3.04. The van der Waals surface area contributed by atoms with E-state index >= 15 is 0 Å². The van der Waals surface area contributed by atoms with Gasteiger partial charge in [0, 0.05) is 19.0 Å². The standard InChI is InChI=1S/C18H24N2O4S/c1-3-12-25(22,23)13(2)18(21)20-10-8-14(9-11-20)17-19-15-6-4-5-7-16(15)24-17/h4-7,13-14H,3,8-12H2,1-2H3. The maximum absolute atomic E-state index is 12.5. The number of amides is 1. The molecule has 6 nitrogen and oxygen atoms in total. The molecular weight excluding hydrogens is 340 g/mol. The number of sulfone groups is 1. The molecule has 0 N–H and O–H groups in total. The van der Waals surface area contributed by atoms with Gasteiger partial charge in [0.1, 0.15) is 10.8 Å². The van der Waals surface area contributed by atoms with Gasteiger partial charge in [-0.15, -0.1) is 0 Å². The minimum absolute atomic E-state index is 0.0548. The molecular formula is C18H24N2O4S. The number of carbonyl (C=O) groups excluding carboxylic acids is 1. The maximum atomic E-state index is 12.5. The molecule has 1 amide bonds. The number of oxazole rings is 1. The van der Waals surface area contributed by atoms with E-state index < -0.39 is 15.1 Å². The van der Waals surface area contributed by atoms with Gasteiger partial charge in [0.25, 0.3) is 0 Å². The summed E-state index contributed by atoms with van der Waals surface area (Å²) in [5, 5.41) is -0.965. The summed E-state index contributed by atoms with van der Waals surface area (Å²) in [5.41, 5.74) is 1.62. The Balaban J connectivity index is 1.64. The van der Waals surface area contributed by atoms with Crippen LogP contribution in [0.3, 0.4) is 0 Å². The second-order valence-electron chi connectivity index (χ2n) is 6.63. The van der Waals surface area contributed by atoms with Crippen LogP contribution in [-0.4, -0.2) is 48.3 Å². The van der Waals surface area contributed by atoms with Crippen LogP contribution in [0.4, 0.5) is 0 Å². The number of rotatable bonds is 5. The molecule has 0 aliphatic carbocycles. The van der Waals surface area contributed by atoms with Crippen LogP contribution in [0.25, 0.3) is 11.1 Å². The van der Waals surface area contributed by atoms with E-state index in [2.05, 4.69) is 4.98 Å². The fourth-order valence-corrected chi connectivity index (χ4v) is 4.66. The number of fused-ring (bicyclic) bond motifs is 1. The lowest BCUT2D eigenvalue weighted by Crippen LogP contribution is -2.45. The fraction of sp³-hybridized carbons (Fsp3) is 0.556. The van der Waals surface area contributed by atoms with E-state index in [1.807, 2.05) is 24.3 Å². The van der Waals surface area contributed by atoms with Crippen molar-refractivity contribution >= 4 is 26.8 Å². The molecule has 2 aromatic rings. The van der Waals surface area contributed by atoms with E-state index in [1.165, 1.54) is 6.92 Å². The first-order chi connectivity index (χ1) is 11.9. The number of benzene rings is 1. The van der Waals surface area contributed by atoms with Gasteiger partial charge in [0.15, 0.2) is 21.3 Å². The fourth-order valence-electron chi connectivity index (χ4n) is 3.28. The highest BCUT2D eigenvalue weighted by atomic mass is 32.2.